The zero-order valence-electron chi connectivity index (χ0n) is 41.6. The van der Waals surface area contributed by atoms with Gasteiger partial charge in [0.1, 0.15) is 0 Å². The molecule has 0 saturated heterocycles. The fraction of sp³-hybridized carbons (Fsp3) is 0.414. The van der Waals surface area contributed by atoms with Gasteiger partial charge in [-0.05, 0) is 147 Å². The lowest BCUT2D eigenvalue weighted by molar-refractivity contribution is -0.138. The van der Waals surface area contributed by atoms with E-state index in [1.165, 1.54) is 0 Å². The van der Waals surface area contributed by atoms with Crippen LogP contribution in [-0.4, -0.2) is 31.3 Å². The number of alkyl halides is 6. The zero-order valence-corrected chi connectivity index (χ0v) is 44.6. The lowest BCUT2D eigenvalue weighted by Crippen LogP contribution is -2.21. The Bertz CT molecular complexity index is 2730. The molecule has 6 nitrogen and oxygen atoms in total. The monoisotopic (exact) mass is 1100 g/mol. The van der Waals surface area contributed by atoms with Gasteiger partial charge in [0.25, 0.3) is 0 Å². The normalized spacial score (nSPS) is 16.6. The molecule has 0 unspecified atom stereocenters. The largest absolute Gasteiger partial charge is 0.481 e. The van der Waals surface area contributed by atoms with Crippen LogP contribution < -0.4 is 0 Å². The maximum atomic E-state index is 13.3. The zero-order chi connectivity index (χ0) is 53.8. The van der Waals surface area contributed by atoms with Crippen molar-refractivity contribution in [2.24, 2.45) is 11.8 Å². The van der Waals surface area contributed by atoms with Crippen LogP contribution in [0.15, 0.2) is 97.3 Å². The molecule has 0 aliphatic heterocycles. The quantitative estimate of drug-likeness (QED) is 0.0946. The molecule has 16 heteroatoms. The summed E-state index contributed by atoms with van der Waals surface area (Å²) >= 11 is 25.5. The Morgan fingerprint density at radius 2 is 0.892 bits per heavy atom. The molecular formula is C58H60Cl4F6N2O4. The van der Waals surface area contributed by atoms with Crippen LogP contribution in [0.5, 0.6) is 0 Å². The summed E-state index contributed by atoms with van der Waals surface area (Å²) in [7, 11) is 0. The van der Waals surface area contributed by atoms with Gasteiger partial charge >= 0.3 is 24.3 Å². The first-order valence-electron chi connectivity index (χ1n) is 25.1. The number of carbonyl (C=O) groups is 2. The number of halogens is 10. The molecule has 4 aromatic carbocycles. The maximum Gasteiger partial charge on any atom is 0.416 e. The molecule has 8 rings (SSSR count). The summed E-state index contributed by atoms with van der Waals surface area (Å²) in [6.45, 7) is 8.45. The molecule has 4 atom stereocenters. The van der Waals surface area contributed by atoms with E-state index in [-0.39, 0.29) is 36.8 Å². The molecule has 0 fully saturated rings. The highest BCUT2D eigenvalue weighted by Crippen LogP contribution is 2.48. The van der Waals surface area contributed by atoms with E-state index < -0.39 is 35.4 Å². The number of hydrogen-bond acceptors (Lipinski definition) is 2. The standard InChI is InChI=1S/2C29H30Cl2F3NO2/c2*1-17(2)6-13-26(18-7-9-20(10-8-18)29(32,33)34)35-16-24(22-12-11-21(30)15-25(22)31)23-5-3-4-19(28(23)35)14-27(36)37/h2*7-12,15-17,19,26H,3-6,13-14H2,1-2H3,(H,36,37)/t19-,26+;19-,26-/m10/s1. The molecule has 0 radical (unpaired) electrons. The first-order valence-corrected chi connectivity index (χ1v) is 26.6. The van der Waals surface area contributed by atoms with Crippen molar-refractivity contribution in [1.29, 1.82) is 0 Å². The van der Waals surface area contributed by atoms with E-state index >= 15 is 0 Å². The van der Waals surface area contributed by atoms with Gasteiger partial charge in [-0.2, -0.15) is 26.3 Å². The van der Waals surface area contributed by atoms with Crippen LogP contribution in [0.1, 0.15) is 161 Å². The van der Waals surface area contributed by atoms with Crippen LogP contribution in [0.3, 0.4) is 0 Å². The fourth-order valence-electron chi connectivity index (χ4n) is 10.8. The molecule has 2 aliphatic rings. The van der Waals surface area contributed by atoms with Crippen molar-refractivity contribution in [3.63, 3.8) is 0 Å². The van der Waals surface area contributed by atoms with Crippen molar-refractivity contribution in [3.8, 4) is 22.3 Å². The Morgan fingerprint density at radius 1 is 0.541 bits per heavy atom. The summed E-state index contributed by atoms with van der Waals surface area (Å²) in [6.07, 6.45) is 3.06. The number of carboxylic acids is 2. The van der Waals surface area contributed by atoms with Gasteiger partial charge < -0.3 is 19.3 Å². The second kappa shape index (κ2) is 24.0. The third-order valence-electron chi connectivity index (χ3n) is 14.3. The number of benzene rings is 4. The SMILES string of the molecule is CC(C)CC[C@@H](c1ccc(C(F)(F)F)cc1)n1cc(-c2ccc(Cl)cc2Cl)c2c1[C@@H](CC(=O)O)CCC2.CC(C)CC[C@@H](c1ccc(C(F)(F)F)cc1)n1cc(-c2ccc(Cl)cc2Cl)c2c1[C@H](CC(=O)O)CCC2. The van der Waals surface area contributed by atoms with Gasteiger partial charge in [0.2, 0.25) is 0 Å². The van der Waals surface area contributed by atoms with Gasteiger partial charge in [0.15, 0.2) is 0 Å². The summed E-state index contributed by atoms with van der Waals surface area (Å²) in [5, 5.41) is 21.4. The Morgan fingerprint density at radius 3 is 1.19 bits per heavy atom. The van der Waals surface area contributed by atoms with Gasteiger partial charge in [-0.3, -0.25) is 9.59 Å². The molecule has 396 valence electrons. The lowest BCUT2D eigenvalue weighted by atomic mass is 9.83. The highest BCUT2D eigenvalue weighted by atomic mass is 35.5. The number of hydrogen-bond donors (Lipinski definition) is 2. The topological polar surface area (TPSA) is 84.5 Å². The average molecular weight is 1100 g/mol. The fourth-order valence-corrected chi connectivity index (χ4v) is 11.9. The second-order valence-electron chi connectivity index (χ2n) is 20.5. The molecule has 2 N–H and O–H groups in total. The molecule has 2 heterocycles. The first-order chi connectivity index (χ1) is 34.9. The van der Waals surface area contributed by atoms with Crippen molar-refractivity contribution < 1.29 is 46.1 Å². The van der Waals surface area contributed by atoms with Crippen LogP contribution in [0, 0.1) is 11.8 Å². The number of fused-ring (bicyclic) bond motifs is 2. The number of aliphatic carboxylic acids is 2. The molecule has 0 saturated carbocycles. The minimum Gasteiger partial charge on any atom is -0.481 e. The summed E-state index contributed by atoms with van der Waals surface area (Å²) in [6, 6.07) is 20.9. The minimum absolute atomic E-state index is 0.00524. The Hall–Kier alpha value is -4.88. The van der Waals surface area contributed by atoms with Crippen LogP contribution in [0.25, 0.3) is 22.3 Å². The van der Waals surface area contributed by atoms with Crippen molar-refractivity contribution in [2.75, 3.05) is 0 Å². The van der Waals surface area contributed by atoms with E-state index in [1.54, 1.807) is 48.5 Å². The summed E-state index contributed by atoms with van der Waals surface area (Å²) in [5.74, 6) is -1.35. The van der Waals surface area contributed by atoms with E-state index in [9.17, 15) is 46.1 Å². The highest BCUT2D eigenvalue weighted by molar-refractivity contribution is 6.37. The predicted molar refractivity (Wildman–Crippen MR) is 283 cm³/mol. The number of carboxylic acid groups (broad SMARTS) is 2. The van der Waals surface area contributed by atoms with Gasteiger partial charge in [0.05, 0.1) is 36.1 Å². The van der Waals surface area contributed by atoms with Crippen molar-refractivity contribution in [2.45, 2.75) is 141 Å². The maximum absolute atomic E-state index is 13.3. The summed E-state index contributed by atoms with van der Waals surface area (Å²) < 4.78 is 83.9. The van der Waals surface area contributed by atoms with Crippen LogP contribution in [0.2, 0.25) is 20.1 Å². The summed E-state index contributed by atoms with van der Waals surface area (Å²) in [5.41, 5.74) is 7.63. The molecular weight excluding hydrogens is 1040 g/mol. The smallest absolute Gasteiger partial charge is 0.416 e. The Balaban J connectivity index is 0.000000216. The summed E-state index contributed by atoms with van der Waals surface area (Å²) in [4.78, 5) is 23.6. The molecule has 6 aromatic rings. The predicted octanol–water partition coefficient (Wildman–Crippen LogP) is 18.8. The number of nitrogens with zero attached hydrogens (tertiary/aromatic N) is 2. The van der Waals surface area contributed by atoms with Crippen LogP contribution in [-0.2, 0) is 34.8 Å². The Kier molecular flexibility index (Phi) is 18.4. The van der Waals surface area contributed by atoms with Crippen LogP contribution >= 0.6 is 46.4 Å². The van der Waals surface area contributed by atoms with Crippen molar-refractivity contribution >= 4 is 58.3 Å². The van der Waals surface area contributed by atoms with Gasteiger partial charge in [0, 0.05) is 78.0 Å². The molecule has 2 aromatic heterocycles. The van der Waals surface area contributed by atoms with E-state index in [1.807, 2.05) is 24.5 Å². The van der Waals surface area contributed by atoms with Gasteiger partial charge in [-0.1, -0.05) is 110 Å². The molecule has 74 heavy (non-hydrogen) atoms. The van der Waals surface area contributed by atoms with Crippen molar-refractivity contribution in [1.82, 2.24) is 9.13 Å². The van der Waals surface area contributed by atoms with E-state index in [4.69, 9.17) is 46.4 Å². The van der Waals surface area contributed by atoms with Crippen LogP contribution in [0.4, 0.5) is 26.3 Å². The van der Waals surface area contributed by atoms with Gasteiger partial charge in [-0.15, -0.1) is 0 Å². The second-order valence-corrected chi connectivity index (χ2v) is 22.2. The molecule has 0 spiro atoms. The van der Waals surface area contributed by atoms with Crippen molar-refractivity contribution in [3.05, 3.63) is 162 Å². The van der Waals surface area contributed by atoms with E-state index in [0.29, 0.717) is 44.8 Å². The average Bonchev–Trinajstić information content (AvgIpc) is 3.89. The van der Waals surface area contributed by atoms with Gasteiger partial charge in [-0.25, -0.2) is 0 Å². The number of rotatable bonds is 16. The molecule has 0 amide bonds. The third kappa shape index (κ3) is 13.6. The molecule has 0 bridgehead atoms. The Labute approximate surface area is 448 Å². The highest BCUT2D eigenvalue weighted by Gasteiger charge is 2.36. The molecule has 2 aliphatic carbocycles. The first kappa shape index (κ1) is 56.8. The lowest BCUT2D eigenvalue weighted by Gasteiger charge is -2.29. The van der Waals surface area contributed by atoms with E-state index in [2.05, 4.69) is 36.8 Å². The van der Waals surface area contributed by atoms with E-state index in [0.717, 1.165) is 132 Å². The number of aromatic nitrogens is 2. The third-order valence-corrected chi connectivity index (χ3v) is 15.4. The minimum atomic E-state index is -4.41.